The molecule has 0 atom stereocenters. The second-order valence-electron chi connectivity index (χ2n) is 2.35. The monoisotopic (exact) mass is 150 g/mol. The van der Waals surface area contributed by atoms with Gasteiger partial charge < -0.3 is 4.42 Å². The fourth-order valence-electron chi connectivity index (χ4n) is 0.738. The largest absolute Gasteiger partial charge is 0.469 e. The lowest BCUT2D eigenvalue weighted by Crippen LogP contribution is -1.80. The topological polar surface area (TPSA) is 30.2 Å². The lowest BCUT2D eigenvalue weighted by Gasteiger charge is -1.88. The minimum absolute atomic E-state index is 0.692. The summed E-state index contributed by atoms with van der Waals surface area (Å²) in [6, 6.07) is 3.72. The van der Waals surface area contributed by atoms with Gasteiger partial charge in [-0.3, -0.25) is 4.79 Å². The van der Waals surface area contributed by atoms with Crippen molar-refractivity contribution in [3.63, 3.8) is 0 Å². The Morgan fingerprint density at radius 1 is 1.73 bits per heavy atom. The highest BCUT2D eigenvalue weighted by atomic mass is 16.3. The Kier molecular flexibility index (Phi) is 2.66. The van der Waals surface area contributed by atoms with Gasteiger partial charge in [-0.25, -0.2) is 0 Å². The molecule has 11 heavy (non-hydrogen) atoms. The van der Waals surface area contributed by atoms with E-state index in [1.165, 1.54) is 0 Å². The average Bonchev–Trinajstić information content (AvgIpc) is 2.52. The fraction of sp³-hybridized carbons (Fsp3) is 0.222. The molecule has 0 saturated carbocycles. The summed E-state index contributed by atoms with van der Waals surface area (Å²) in [6.45, 7) is 1.77. The first-order valence-corrected chi connectivity index (χ1v) is 3.47. The standard InChI is InChI=1S/C9H10O2/c1-8(7-10)4-5-9-3-2-6-11-9/h2-4,6-7H,5H2,1H3/b8-4+. The number of hydrogen-bond donors (Lipinski definition) is 0. The van der Waals surface area contributed by atoms with Crippen LogP contribution in [0.4, 0.5) is 0 Å². The Morgan fingerprint density at radius 3 is 3.09 bits per heavy atom. The third kappa shape index (κ3) is 2.42. The van der Waals surface area contributed by atoms with Crippen LogP contribution in [0.1, 0.15) is 12.7 Å². The minimum atomic E-state index is 0.692. The summed E-state index contributed by atoms with van der Waals surface area (Å²) in [7, 11) is 0. The molecule has 0 aliphatic heterocycles. The first kappa shape index (κ1) is 7.79. The molecule has 58 valence electrons. The molecule has 2 heteroatoms. The van der Waals surface area contributed by atoms with Crippen molar-refractivity contribution in [2.24, 2.45) is 0 Å². The molecule has 0 fully saturated rings. The van der Waals surface area contributed by atoms with Crippen molar-refractivity contribution in [3.8, 4) is 0 Å². The van der Waals surface area contributed by atoms with Gasteiger partial charge >= 0.3 is 0 Å². The number of rotatable bonds is 3. The third-order valence-electron chi connectivity index (χ3n) is 1.39. The molecule has 0 aromatic carbocycles. The first-order valence-electron chi connectivity index (χ1n) is 3.47. The summed E-state index contributed by atoms with van der Waals surface area (Å²) >= 11 is 0. The molecule has 1 aromatic heterocycles. The van der Waals surface area contributed by atoms with Crippen LogP contribution in [-0.2, 0) is 11.2 Å². The van der Waals surface area contributed by atoms with Gasteiger partial charge in [0.25, 0.3) is 0 Å². The van der Waals surface area contributed by atoms with Crippen LogP contribution in [0, 0.1) is 0 Å². The van der Waals surface area contributed by atoms with Gasteiger partial charge in [0.2, 0.25) is 0 Å². The van der Waals surface area contributed by atoms with Crippen molar-refractivity contribution in [1.29, 1.82) is 0 Å². The molecule has 0 aliphatic carbocycles. The van der Waals surface area contributed by atoms with E-state index in [1.54, 1.807) is 13.2 Å². The Labute approximate surface area is 65.5 Å². The molecule has 0 aliphatic rings. The van der Waals surface area contributed by atoms with Gasteiger partial charge in [-0.05, 0) is 24.6 Å². The van der Waals surface area contributed by atoms with Crippen LogP contribution in [-0.4, -0.2) is 6.29 Å². The van der Waals surface area contributed by atoms with Crippen LogP contribution in [0.3, 0.4) is 0 Å². The molecular formula is C9H10O2. The van der Waals surface area contributed by atoms with E-state index >= 15 is 0 Å². The minimum Gasteiger partial charge on any atom is -0.469 e. The third-order valence-corrected chi connectivity index (χ3v) is 1.39. The molecule has 1 heterocycles. The summed E-state index contributed by atoms with van der Waals surface area (Å²) < 4.78 is 5.07. The number of allylic oxidation sites excluding steroid dienone is 2. The smallest absolute Gasteiger partial charge is 0.145 e. The predicted molar refractivity (Wildman–Crippen MR) is 42.2 cm³/mol. The second kappa shape index (κ2) is 3.76. The highest BCUT2D eigenvalue weighted by Crippen LogP contribution is 2.02. The van der Waals surface area contributed by atoms with Crippen LogP contribution in [0.5, 0.6) is 0 Å². The molecular weight excluding hydrogens is 140 g/mol. The van der Waals surface area contributed by atoms with Gasteiger partial charge in [0.1, 0.15) is 12.0 Å². The quantitative estimate of drug-likeness (QED) is 0.487. The zero-order chi connectivity index (χ0) is 8.10. The molecule has 0 amide bonds. The normalized spacial score (nSPS) is 11.5. The average molecular weight is 150 g/mol. The highest BCUT2D eigenvalue weighted by Gasteiger charge is 1.91. The Bertz CT molecular complexity index is 245. The fourth-order valence-corrected chi connectivity index (χ4v) is 0.738. The van der Waals surface area contributed by atoms with Crippen LogP contribution >= 0.6 is 0 Å². The maximum Gasteiger partial charge on any atom is 0.145 e. The summed E-state index contributed by atoms with van der Waals surface area (Å²) in [5.74, 6) is 0.881. The zero-order valence-corrected chi connectivity index (χ0v) is 6.41. The maximum absolute atomic E-state index is 10.2. The van der Waals surface area contributed by atoms with E-state index in [0.29, 0.717) is 6.42 Å². The summed E-state index contributed by atoms with van der Waals surface area (Å²) in [5, 5.41) is 0. The van der Waals surface area contributed by atoms with E-state index < -0.39 is 0 Å². The number of carbonyl (C=O) groups excluding carboxylic acids is 1. The van der Waals surface area contributed by atoms with Crippen LogP contribution in [0.15, 0.2) is 34.5 Å². The highest BCUT2D eigenvalue weighted by molar-refractivity contribution is 5.72. The molecule has 0 radical (unpaired) electrons. The van der Waals surface area contributed by atoms with E-state index in [4.69, 9.17) is 4.42 Å². The van der Waals surface area contributed by atoms with E-state index in [9.17, 15) is 4.79 Å². The van der Waals surface area contributed by atoms with Crippen molar-refractivity contribution in [2.75, 3.05) is 0 Å². The summed E-state index contributed by atoms with van der Waals surface area (Å²) in [5.41, 5.74) is 0.737. The van der Waals surface area contributed by atoms with Crippen LogP contribution in [0.2, 0.25) is 0 Å². The second-order valence-corrected chi connectivity index (χ2v) is 2.35. The first-order chi connectivity index (χ1) is 5.33. The lowest BCUT2D eigenvalue weighted by molar-refractivity contribution is -0.104. The Morgan fingerprint density at radius 2 is 2.55 bits per heavy atom. The molecule has 1 rings (SSSR count). The SMILES string of the molecule is C/C(C=O)=C\Cc1ccco1. The number of aldehydes is 1. The summed E-state index contributed by atoms with van der Waals surface area (Å²) in [6.07, 6.45) is 4.99. The van der Waals surface area contributed by atoms with Crippen molar-refractivity contribution >= 4 is 6.29 Å². The van der Waals surface area contributed by atoms with Gasteiger partial charge in [-0.1, -0.05) is 6.08 Å². The van der Waals surface area contributed by atoms with Gasteiger partial charge in [0, 0.05) is 6.42 Å². The summed E-state index contributed by atoms with van der Waals surface area (Å²) in [4.78, 5) is 10.2. The van der Waals surface area contributed by atoms with Crippen molar-refractivity contribution in [3.05, 3.63) is 35.8 Å². The van der Waals surface area contributed by atoms with Gasteiger partial charge in [0.05, 0.1) is 6.26 Å². The number of furan rings is 1. The van der Waals surface area contributed by atoms with Crippen molar-refractivity contribution in [1.82, 2.24) is 0 Å². The molecule has 1 aromatic rings. The van der Waals surface area contributed by atoms with Gasteiger partial charge in [0.15, 0.2) is 0 Å². The Balaban J connectivity index is 2.51. The zero-order valence-electron chi connectivity index (χ0n) is 6.41. The molecule has 2 nitrogen and oxygen atoms in total. The molecule has 0 bridgehead atoms. The Hall–Kier alpha value is -1.31. The van der Waals surface area contributed by atoms with Crippen LogP contribution in [0.25, 0.3) is 0 Å². The van der Waals surface area contributed by atoms with Crippen molar-refractivity contribution in [2.45, 2.75) is 13.3 Å². The maximum atomic E-state index is 10.2. The van der Waals surface area contributed by atoms with Crippen molar-refractivity contribution < 1.29 is 9.21 Å². The molecule has 0 saturated heterocycles. The van der Waals surface area contributed by atoms with Gasteiger partial charge in [-0.2, -0.15) is 0 Å². The number of carbonyl (C=O) groups is 1. The van der Waals surface area contributed by atoms with E-state index in [0.717, 1.165) is 17.6 Å². The molecule has 0 N–H and O–H groups in total. The predicted octanol–water partition coefficient (Wildman–Crippen LogP) is 1.97. The molecule has 0 spiro atoms. The lowest BCUT2D eigenvalue weighted by atomic mass is 10.2. The van der Waals surface area contributed by atoms with E-state index in [-0.39, 0.29) is 0 Å². The van der Waals surface area contributed by atoms with E-state index in [1.807, 2.05) is 18.2 Å². The van der Waals surface area contributed by atoms with E-state index in [2.05, 4.69) is 0 Å². The van der Waals surface area contributed by atoms with Gasteiger partial charge in [-0.15, -0.1) is 0 Å². The molecule has 0 unspecified atom stereocenters. The van der Waals surface area contributed by atoms with Crippen LogP contribution < -0.4 is 0 Å². The number of hydrogen-bond acceptors (Lipinski definition) is 2.